The Morgan fingerprint density at radius 1 is 0.300 bits per heavy atom. The lowest BCUT2D eigenvalue weighted by molar-refractivity contribution is -0.143. The number of rotatable bonds is 78. The monoisotopic (exact) mass is 1260 g/mol. The molecular formula is C84H161NO5. The van der Waals surface area contributed by atoms with E-state index in [2.05, 4.69) is 43.5 Å². The molecule has 0 aromatic rings. The molecule has 0 aromatic carbocycles. The molecule has 0 bridgehead atoms. The number of amides is 1. The van der Waals surface area contributed by atoms with Crippen LogP contribution in [0.15, 0.2) is 36.5 Å². The number of hydrogen-bond acceptors (Lipinski definition) is 5. The van der Waals surface area contributed by atoms with Gasteiger partial charge in [0.15, 0.2) is 0 Å². The highest BCUT2D eigenvalue weighted by Gasteiger charge is 2.18. The summed E-state index contributed by atoms with van der Waals surface area (Å²) < 4.78 is 5.49. The van der Waals surface area contributed by atoms with Gasteiger partial charge in [0.2, 0.25) is 5.91 Å². The molecule has 6 heteroatoms. The fourth-order valence-electron chi connectivity index (χ4n) is 13.1. The summed E-state index contributed by atoms with van der Waals surface area (Å²) in [5.74, 6) is -0.0463. The van der Waals surface area contributed by atoms with E-state index in [0.717, 1.165) is 44.9 Å². The molecule has 2 atom stereocenters. The molecule has 0 aromatic heterocycles. The van der Waals surface area contributed by atoms with Crippen LogP contribution in [0.25, 0.3) is 0 Å². The summed E-state index contributed by atoms with van der Waals surface area (Å²) >= 11 is 0. The van der Waals surface area contributed by atoms with Crippen molar-refractivity contribution in [2.24, 2.45) is 0 Å². The average Bonchev–Trinajstić information content (AvgIpc) is 3.71. The van der Waals surface area contributed by atoms with E-state index in [-0.39, 0.29) is 18.5 Å². The molecule has 0 fully saturated rings. The average molecular weight is 1270 g/mol. The van der Waals surface area contributed by atoms with Gasteiger partial charge in [-0.15, -0.1) is 0 Å². The third kappa shape index (κ3) is 75.1. The molecule has 0 saturated carbocycles. The standard InChI is InChI=1S/C84H161NO5/c1-3-5-7-9-11-13-15-17-18-19-20-21-37-40-43-46-49-53-56-60-64-68-72-76-82(87)81(80-86)85-83(88)77-73-69-65-61-57-54-50-47-44-41-38-35-33-31-29-27-25-23-22-24-26-28-30-32-34-36-39-42-45-48-51-55-59-63-67-71-75-79-90-84(89)78-74-70-66-62-58-52-16-14-12-10-8-6-4-2/h14,16,22,24,72,76,81-82,86-87H,3-13,15,17-21,23,25-71,73-75,77-80H2,1-2H3,(H,85,88)/b16-14-,24-22-,76-72+. The second-order valence-corrected chi connectivity index (χ2v) is 28.4. The van der Waals surface area contributed by atoms with Crippen molar-refractivity contribution in [2.75, 3.05) is 13.2 Å². The Labute approximate surface area is 564 Å². The van der Waals surface area contributed by atoms with Crippen LogP contribution < -0.4 is 5.32 Å². The Balaban J connectivity index is 3.36. The van der Waals surface area contributed by atoms with Gasteiger partial charge in [-0.3, -0.25) is 9.59 Å². The molecule has 0 aliphatic heterocycles. The summed E-state index contributed by atoms with van der Waals surface area (Å²) in [6.45, 7) is 4.94. The molecule has 1 amide bonds. The quantitative estimate of drug-likeness (QED) is 0.0320. The maximum Gasteiger partial charge on any atom is 0.305 e. The van der Waals surface area contributed by atoms with E-state index >= 15 is 0 Å². The Hall–Kier alpha value is -1.92. The SMILES string of the molecule is CCCCCC/C=C\CCCCCCCC(=O)OCCCCCCCCCCCCCCCCCC/C=C\CCCCCCCCCCCCCCCCCCCC(=O)NC(CO)C(O)/C=C/CCCCCCCCCCCCCCCCCCCCCCC. The largest absolute Gasteiger partial charge is 0.466 e. The maximum atomic E-state index is 12.6. The van der Waals surface area contributed by atoms with Crippen LogP contribution in [0, 0.1) is 0 Å². The smallest absolute Gasteiger partial charge is 0.305 e. The molecule has 2 unspecified atom stereocenters. The predicted octanol–water partition coefficient (Wildman–Crippen LogP) is 27.4. The van der Waals surface area contributed by atoms with Gasteiger partial charge < -0.3 is 20.3 Å². The van der Waals surface area contributed by atoms with Crippen molar-refractivity contribution in [3.8, 4) is 0 Å². The first-order valence-electron chi connectivity index (χ1n) is 41.3. The third-order valence-corrected chi connectivity index (χ3v) is 19.4. The molecule has 0 spiro atoms. The fraction of sp³-hybridized carbons (Fsp3) is 0.905. The number of carbonyl (C=O) groups is 2. The highest BCUT2D eigenvalue weighted by atomic mass is 16.5. The molecule has 0 radical (unpaired) electrons. The summed E-state index contributed by atoms with van der Waals surface area (Å²) in [6.07, 6.45) is 104. The van der Waals surface area contributed by atoms with Crippen molar-refractivity contribution < 1.29 is 24.5 Å². The zero-order valence-electron chi connectivity index (χ0n) is 61.1. The first kappa shape index (κ1) is 88.1. The first-order valence-corrected chi connectivity index (χ1v) is 41.3. The number of aliphatic hydroxyl groups excluding tert-OH is 2. The van der Waals surface area contributed by atoms with E-state index in [1.165, 1.54) is 392 Å². The topological polar surface area (TPSA) is 95.9 Å². The van der Waals surface area contributed by atoms with Crippen LogP contribution >= 0.6 is 0 Å². The summed E-state index contributed by atoms with van der Waals surface area (Å²) in [6, 6.07) is -0.626. The zero-order valence-corrected chi connectivity index (χ0v) is 61.1. The maximum absolute atomic E-state index is 12.6. The van der Waals surface area contributed by atoms with E-state index in [4.69, 9.17) is 4.74 Å². The van der Waals surface area contributed by atoms with E-state index in [0.29, 0.717) is 19.4 Å². The van der Waals surface area contributed by atoms with Crippen LogP contribution in [0.4, 0.5) is 0 Å². The molecule has 3 N–H and O–H groups in total. The molecule has 0 heterocycles. The van der Waals surface area contributed by atoms with E-state index < -0.39 is 12.1 Å². The van der Waals surface area contributed by atoms with Crippen molar-refractivity contribution in [1.82, 2.24) is 5.32 Å². The highest BCUT2D eigenvalue weighted by Crippen LogP contribution is 2.20. The summed E-state index contributed by atoms with van der Waals surface area (Å²) in [5.41, 5.74) is 0. The van der Waals surface area contributed by atoms with Crippen LogP contribution in [-0.4, -0.2) is 47.4 Å². The van der Waals surface area contributed by atoms with E-state index in [1.54, 1.807) is 6.08 Å². The van der Waals surface area contributed by atoms with Crippen molar-refractivity contribution >= 4 is 11.9 Å². The Bertz CT molecular complexity index is 1460. The van der Waals surface area contributed by atoms with Crippen LogP contribution in [0.5, 0.6) is 0 Å². The van der Waals surface area contributed by atoms with Gasteiger partial charge in [0, 0.05) is 12.8 Å². The minimum absolute atomic E-state index is 0.0126. The minimum atomic E-state index is -0.843. The third-order valence-electron chi connectivity index (χ3n) is 19.4. The van der Waals surface area contributed by atoms with Gasteiger partial charge in [0.05, 0.1) is 25.4 Å². The highest BCUT2D eigenvalue weighted by molar-refractivity contribution is 5.76. The Kier molecular flexibility index (Phi) is 77.8. The molecule has 0 rings (SSSR count). The number of carbonyl (C=O) groups excluding carboxylic acids is 2. The summed E-state index contributed by atoms with van der Waals surface area (Å²) in [4.78, 5) is 24.6. The van der Waals surface area contributed by atoms with Gasteiger partial charge in [-0.2, -0.15) is 0 Å². The van der Waals surface area contributed by atoms with Gasteiger partial charge in [-0.1, -0.05) is 403 Å². The summed E-state index contributed by atoms with van der Waals surface area (Å²) in [7, 11) is 0. The number of hydrogen-bond donors (Lipinski definition) is 3. The van der Waals surface area contributed by atoms with E-state index in [9.17, 15) is 19.8 Å². The Morgan fingerprint density at radius 3 is 0.800 bits per heavy atom. The zero-order chi connectivity index (χ0) is 64.9. The van der Waals surface area contributed by atoms with Gasteiger partial charge >= 0.3 is 5.97 Å². The second-order valence-electron chi connectivity index (χ2n) is 28.4. The molecule has 6 nitrogen and oxygen atoms in total. The lowest BCUT2D eigenvalue weighted by atomic mass is 10.0. The van der Waals surface area contributed by atoms with E-state index in [1.807, 2.05) is 6.08 Å². The molecular weight excluding hydrogens is 1100 g/mol. The molecule has 0 saturated heterocycles. The van der Waals surface area contributed by atoms with Crippen molar-refractivity contribution in [3.05, 3.63) is 36.5 Å². The minimum Gasteiger partial charge on any atom is -0.466 e. The fourth-order valence-corrected chi connectivity index (χ4v) is 13.1. The van der Waals surface area contributed by atoms with Crippen LogP contribution in [0.2, 0.25) is 0 Å². The number of nitrogens with one attached hydrogen (secondary N) is 1. The molecule has 532 valence electrons. The van der Waals surface area contributed by atoms with Crippen LogP contribution in [-0.2, 0) is 14.3 Å². The van der Waals surface area contributed by atoms with Gasteiger partial charge in [0.25, 0.3) is 0 Å². The normalized spacial score (nSPS) is 12.6. The molecule has 0 aliphatic carbocycles. The number of aliphatic hydroxyl groups is 2. The number of ether oxygens (including phenoxy) is 1. The predicted molar refractivity (Wildman–Crippen MR) is 398 cm³/mol. The van der Waals surface area contributed by atoms with Gasteiger partial charge in [-0.05, 0) is 83.5 Å². The van der Waals surface area contributed by atoms with Crippen LogP contribution in [0.1, 0.15) is 463 Å². The van der Waals surface area contributed by atoms with Crippen molar-refractivity contribution in [2.45, 2.75) is 475 Å². The lowest BCUT2D eigenvalue weighted by Gasteiger charge is -2.20. The number of unbranched alkanes of at least 4 members (excludes halogenated alkanes) is 63. The van der Waals surface area contributed by atoms with Gasteiger partial charge in [-0.25, -0.2) is 0 Å². The lowest BCUT2D eigenvalue weighted by Crippen LogP contribution is -2.45. The van der Waals surface area contributed by atoms with Crippen molar-refractivity contribution in [3.63, 3.8) is 0 Å². The van der Waals surface area contributed by atoms with Gasteiger partial charge in [0.1, 0.15) is 0 Å². The van der Waals surface area contributed by atoms with Crippen LogP contribution in [0.3, 0.4) is 0 Å². The molecule has 90 heavy (non-hydrogen) atoms. The second kappa shape index (κ2) is 79.5. The number of allylic oxidation sites excluding steroid dienone is 5. The molecule has 0 aliphatic rings. The summed E-state index contributed by atoms with van der Waals surface area (Å²) in [5, 5.41) is 23.3. The Morgan fingerprint density at radius 2 is 0.522 bits per heavy atom. The first-order chi connectivity index (χ1) is 44.5. The number of esters is 1. The van der Waals surface area contributed by atoms with Crippen molar-refractivity contribution in [1.29, 1.82) is 0 Å².